The first-order valence-electron chi connectivity index (χ1n) is 7.39. The summed E-state index contributed by atoms with van der Waals surface area (Å²) >= 11 is 0. The molecule has 6 heteroatoms. The largest absolute Gasteiger partial charge is 0.320 e. The van der Waals surface area contributed by atoms with Crippen LogP contribution in [0.3, 0.4) is 0 Å². The van der Waals surface area contributed by atoms with E-state index in [0.29, 0.717) is 12.1 Å². The van der Waals surface area contributed by atoms with E-state index < -0.39 is 15.8 Å². The van der Waals surface area contributed by atoms with Gasteiger partial charge in [-0.15, -0.1) is 0 Å². The van der Waals surface area contributed by atoms with Gasteiger partial charge in [0, 0.05) is 12.6 Å². The Labute approximate surface area is 126 Å². The highest BCUT2D eigenvalue weighted by Gasteiger charge is 2.33. The van der Waals surface area contributed by atoms with Gasteiger partial charge in [-0.25, -0.2) is 12.8 Å². The van der Waals surface area contributed by atoms with Crippen molar-refractivity contribution in [2.24, 2.45) is 0 Å². The number of hydrogen-bond donors (Lipinski definition) is 1. The highest BCUT2D eigenvalue weighted by molar-refractivity contribution is 7.89. The molecule has 1 saturated heterocycles. The fraction of sp³-hybridized carbons (Fsp3) is 0.600. The van der Waals surface area contributed by atoms with Gasteiger partial charge < -0.3 is 5.32 Å². The van der Waals surface area contributed by atoms with E-state index >= 15 is 0 Å². The number of rotatable bonds is 5. The van der Waals surface area contributed by atoms with Gasteiger partial charge >= 0.3 is 0 Å². The molecule has 1 aliphatic heterocycles. The van der Waals surface area contributed by atoms with E-state index in [1.165, 1.54) is 12.1 Å². The second-order valence-corrected chi connectivity index (χ2v) is 7.46. The molecule has 0 aliphatic carbocycles. The number of nitrogens with one attached hydrogen (secondary N) is 1. The second-order valence-electron chi connectivity index (χ2n) is 5.57. The van der Waals surface area contributed by atoms with Crippen molar-refractivity contribution in [3.63, 3.8) is 0 Å². The van der Waals surface area contributed by atoms with Crippen molar-refractivity contribution < 1.29 is 12.8 Å². The highest BCUT2D eigenvalue weighted by Crippen LogP contribution is 2.27. The molecule has 1 aromatic carbocycles. The molecule has 4 nitrogen and oxygen atoms in total. The molecule has 0 spiro atoms. The second kappa shape index (κ2) is 6.85. The van der Waals surface area contributed by atoms with Crippen molar-refractivity contribution in [2.75, 3.05) is 20.1 Å². The van der Waals surface area contributed by atoms with Gasteiger partial charge in [0.25, 0.3) is 0 Å². The van der Waals surface area contributed by atoms with Crippen LogP contribution in [0.5, 0.6) is 0 Å². The number of benzene rings is 1. The molecule has 1 heterocycles. The summed E-state index contributed by atoms with van der Waals surface area (Å²) in [6.45, 7) is 2.92. The Kier molecular flexibility index (Phi) is 5.35. The van der Waals surface area contributed by atoms with E-state index in [0.717, 1.165) is 38.3 Å². The van der Waals surface area contributed by atoms with Gasteiger partial charge in [0.1, 0.15) is 5.82 Å². The van der Waals surface area contributed by atoms with Gasteiger partial charge in [-0.2, -0.15) is 4.31 Å². The summed E-state index contributed by atoms with van der Waals surface area (Å²) in [4.78, 5) is 0.0574. The van der Waals surface area contributed by atoms with Gasteiger partial charge in [0.2, 0.25) is 10.0 Å². The number of halogens is 1. The molecule has 1 aromatic rings. The van der Waals surface area contributed by atoms with Gasteiger partial charge in [-0.1, -0.05) is 12.5 Å². The predicted octanol–water partition coefficient (Wildman–Crippen LogP) is 2.29. The van der Waals surface area contributed by atoms with Crippen LogP contribution in [0.4, 0.5) is 4.39 Å². The Balaban J connectivity index is 2.28. The number of piperidine rings is 1. The van der Waals surface area contributed by atoms with Crippen molar-refractivity contribution in [1.82, 2.24) is 9.62 Å². The molecular formula is C15H23FN2O2S. The molecule has 0 bridgehead atoms. The lowest BCUT2D eigenvalue weighted by Gasteiger charge is -2.34. The van der Waals surface area contributed by atoms with Crippen LogP contribution < -0.4 is 5.32 Å². The zero-order valence-electron chi connectivity index (χ0n) is 12.6. The van der Waals surface area contributed by atoms with E-state index in [1.54, 1.807) is 11.2 Å². The van der Waals surface area contributed by atoms with Crippen LogP contribution in [0.15, 0.2) is 23.1 Å². The summed E-state index contributed by atoms with van der Waals surface area (Å²) in [5, 5.41) is 3.06. The van der Waals surface area contributed by atoms with Gasteiger partial charge in [0.05, 0.1) is 4.90 Å². The minimum Gasteiger partial charge on any atom is -0.320 e. The number of nitrogens with zero attached hydrogens (tertiary/aromatic N) is 1. The maximum Gasteiger partial charge on any atom is 0.243 e. The summed E-state index contributed by atoms with van der Waals surface area (Å²) in [6.07, 6.45) is 3.56. The third-order valence-corrected chi connectivity index (χ3v) is 6.00. The Morgan fingerprint density at radius 3 is 2.81 bits per heavy atom. The van der Waals surface area contributed by atoms with Gasteiger partial charge in [-0.3, -0.25) is 0 Å². The van der Waals surface area contributed by atoms with Crippen LogP contribution in [0.2, 0.25) is 0 Å². The van der Waals surface area contributed by atoms with Crippen molar-refractivity contribution >= 4 is 10.0 Å². The third-order valence-electron chi connectivity index (χ3n) is 4.05. The van der Waals surface area contributed by atoms with E-state index in [9.17, 15) is 12.8 Å². The van der Waals surface area contributed by atoms with Crippen LogP contribution in [0, 0.1) is 12.7 Å². The lowest BCUT2D eigenvalue weighted by atomic mass is 10.0. The average Bonchev–Trinajstić information content (AvgIpc) is 2.48. The van der Waals surface area contributed by atoms with Crippen LogP contribution in [0.1, 0.15) is 31.2 Å². The molecule has 1 unspecified atom stereocenters. The molecule has 0 aromatic heterocycles. The Morgan fingerprint density at radius 1 is 1.38 bits per heavy atom. The molecule has 0 saturated carbocycles. The molecule has 118 valence electrons. The first-order chi connectivity index (χ1) is 9.96. The number of aryl methyl sites for hydroxylation is 1. The zero-order valence-corrected chi connectivity index (χ0v) is 13.4. The minimum atomic E-state index is -3.62. The molecular weight excluding hydrogens is 291 g/mol. The quantitative estimate of drug-likeness (QED) is 0.907. The fourth-order valence-corrected chi connectivity index (χ4v) is 4.50. The standard InChI is InChI=1S/C15H23FN2O2S/c1-12-6-7-14(11-15(12)16)21(19,20)18-10-4-3-5-13(18)8-9-17-2/h6-7,11,13,17H,3-5,8-10H2,1-2H3. The highest BCUT2D eigenvalue weighted by atomic mass is 32.2. The molecule has 1 fully saturated rings. The van der Waals surface area contributed by atoms with Crippen LogP contribution in [-0.2, 0) is 10.0 Å². The monoisotopic (exact) mass is 314 g/mol. The lowest BCUT2D eigenvalue weighted by molar-refractivity contribution is 0.240. The van der Waals surface area contributed by atoms with Crippen molar-refractivity contribution in [3.8, 4) is 0 Å². The van der Waals surface area contributed by atoms with Crippen LogP contribution in [0.25, 0.3) is 0 Å². The molecule has 2 rings (SSSR count). The predicted molar refractivity (Wildman–Crippen MR) is 81.2 cm³/mol. The summed E-state index contributed by atoms with van der Waals surface area (Å²) in [5.74, 6) is -0.472. The van der Waals surface area contributed by atoms with E-state index in [-0.39, 0.29) is 10.9 Å². The van der Waals surface area contributed by atoms with Crippen LogP contribution in [-0.4, -0.2) is 38.9 Å². The van der Waals surface area contributed by atoms with Gasteiger partial charge in [0.15, 0.2) is 0 Å². The molecule has 1 N–H and O–H groups in total. The first kappa shape index (κ1) is 16.4. The topological polar surface area (TPSA) is 49.4 Å². The Bertz CT molecular complexity index is 589. The normalized spacial score (nSPS) is 20.6. The van der Waals surface area contributed by atoms with Crippen LogP contribution >= 0.6 is 0 Å². The SMILES string of the molecule is CNCCC1CCCCN1S(=O)(=O)c1ccc(C)c(F)c1. The maximum absolute atomic E-state index is 13.7. The molecule has 21 heavy (non-hydrogen) atoms. The minimum absolute atomic E-state index is 0.000522. The molecule has 0 radical (unpaired) electrons. The van der Waals surface area contributed by atoms with Crippen molar-refractivity contribution in [1.29, 1.82) is 0 Å². The Hall–Kier alpha value is -0.980. The Morgan fingerprint density at radius 2 is 2.14 bits per heavy atom. The zero-order chi connectivity index (χ0) is 15.5. The summed E-state index contributed by atoms with van der Waals surface area (Å²) < 4.78 is 40.8. The molecule has 1 atom stereocenters. The van der Waals surface area contributed by atoms with E-state index in [1.807, 2.05) is 7.05 Å². The van der Waals surface area contributed by atoms with Gasteiger partial charge in [-0.05, 0) is 57.5 Å². The van der Waals surface area contributed by atoms with E-state index in [2.05, 4.69) is 5.32 Å². The first-order valence-corrected chi connectivity index (χ1v) is 8.83. The fourth-order valence-electron chi connectivity index (χ4n) is 2.76. The summed E-state index contributed by atoms with van der Waals surface area (Å²) in [5.41, 5.74) is 0.458. The lowest BCUT2D eigenvalue weighted by Crippen LogP contribution is -2.44. The summed E-state index contributed by atoms with van der Waals surface area (Å²) in [6, 6.07) is 4.15. The average molecular weight is 314 g/mol. The number of hydrogen-bond acceptors (Lipinski definition) is 3. The number of sulfonamides is 1. The van der Waals surface area contributed by atoms with E-state index in [4.69, 9.17) is 0 Å². The molecule has 0 amide bonds. The van der Waals surface area contributed by atoms with Crippen molar-refractivity contribution in [3.05, 3.63) is 29.6 Å². The van der Waals surface area contributed by atoms with Crippen molar-refractivity contribution in [2.45, 2.75) is 43.5 Å². The molecule has 1 aliphatic rings. The maximum atomic E-state index is 13.7. The summed E-state index contributed by atoms with van der Waals surface area (Å²) in [7, 11) is -1.76. The third kappa shape index (κ3) is 3.62. The smallest absolute Gasteiger partial charge is 0.243 e.